The minimum atomic E-state index is -0.865. The molecule has 0 fully saturated rings. The number of hydrogen-bond donors (Lipinski definition) is 0. The van der Waals surface area contributed by atoms with E-state index in [2.05, 4.69) is 15.9 Å². The summed E-state index contributed by atoms with van der Waals surface area (Å²) < 4.78 is 13.5. The summed E-state index contributed by atoms with van der Waals surface area (Å²) in [4.78, 5) is 10.6. The summed E-state index contributed by atoms with van der Waals surface area (Å²) in [5.41, 5.74) is -0.226. The Morgan fingerprint density at radius 1 is 1.50 bits per heavy atom. The van der Waals surface area contributed by atoms with Gasteiger partial charge in [0.05, 0.1) is 10.6 Å². The molecule has 0 aliphatic carbocycles. The van der Waals surface area contributed by atoms with Crippen LogP contribution in [0.5, 0.6) is 0 Å². The third kappa shape index (κ3) is 1.97. The van der Waals surface area contributed by atoms with Gasteiger partial charge in [-0.25, -0.2) is 4.39 Å². The van der Waals surface area contributed by atoms with Crippen LogP contribution in [0.2, 0.25) is 5.02 Å². The van der Waals surface area contributed by atoms with Gasteiger partial charge in [0.15, 0.2) is 5.82 Å². The lowest BCUT2D eigenvalue weighted by molar-refractivity contribution is 0.107. The van der Waals surface area contributed by atoms with Crippen LogP contribution in [0.4, 0.5) is 4.39 Å². The Balaban J connectivity index is 3.37. The second kappa shape index (κ2) is 3.73. The molecule has 1 nitrogen and oxygen atoms in total. The molecule has 0 aliphatic rings. The van der Waals surface area contributed by atoms with Crippen molar-refractivity contribution in [2.24, 2.45) is 0 Å². The molecule has 0 spiro atoms. The van der Waals surface area contributed by atoms with Crippen molar-refractivity contribution in [3.8, 4) is 0 Å². The van der Waals surface area contributed by atoms with Gasteiger partial charge in [-0.1, -0.05) is 27.5 Å². The summed E-state index contributed by atoms with van der Waals surface area (Å²) in [6.45, 7) is 0. The molecule has 0 atom stereocenters. The summed E-state index contributed by atoms with van der Waals surface area (Å²) in [5, 5.41) is -0.996. The van der Waals surface area contributed by atoms with E-state index in [1.165, 1.54) is 12.1 Å². The number of carbonyl (C=O) groups excluding carboxylic acids is 1. The fraction of sp³-hybridized carbons (Fsp3) is 0. The lowest BCUT2D eigenvalue weighted by Gasteiger charge is -1.99. The van der Waals surface area contributed by atoms with Crippen molar-refractivity contribution in [3.05, 3.63) is 33.0 Å². The van der Waals surface area contributed by atoms with Gasteiger partial charge in [-0.2, -0.15) is 0 Å². The fourth-order valence-electron chi connectivity index (χ4n) is 0.699. The molecule has 0 saturated heterocycles. The lowest BCUT2D eigenvalue weighted by atomic mass is 10.2. The maximum Gasteiger partial charge on any atom is 0.255 e. The van der Waals surface area contributed by atoms with Crippen molar-refractivity contribution >= 4 is 44.4 Å². The van der Waals surface area contributed by atoms with E-state index >= 15 is 0 Å². The number of carbonyl (C=O) groups is 1. The van der Waals surface area contributed by atoms with Gasteiger partial charge in [0.2, 0.25) is 0 Å². The summed E-state index contributed by atoms with van der Waals surface area (Å²) in [7, 11) is 0. The molecule has 1 aromatic carbocycles. The molecule has 0 radical (unpaired) electrons. The zero-order valence-corrected chi connectivity index (χ0v) is 8.67. The van der Waals surface area contributed by atoms with Gasteiger partial charge < -0.3 is 0 Å². The quantitative estimate of drug-likeness (QED) is 0.563. The van der Waals surface area contributed by atoms with Crippen molar-refractivity contribution < 1.29 is 9.18 Å². The smallest absolute Gasteiger partial charge is 0.255 e. The molecule has 0 amide bonds. The van der Waals surface area contributed by atoms with E-state index in [0.29, 0.717) is 4.47 Å². The van der Waals surface area contributed by atoms with Crippen LogP contribution in [0.15, 0.2) is 16.6 Å². The van der Waals surface area contributed by atoms with Gasteiger partial charge in [-0.15, -0.1) is 0 Å². The highest BCUT2D eigenvalue weighted by molar-refractivity contribution is 9.10. The molecule has 0 N–H and O–H groups in total. The molecule has 1 aromatic rings. The van der Waals surface area contributed by atoms with Gasteiger partial charge >= 0.3 is 0 Å². The highest BCUT2D eigenvalue weighted by Crippen LogP contribution is 2.24. The van der Waals surface area contributed by atoms with Gasteiger partial charge in [-0.3, -0.25) is 4.79 Å². The van der Waals surface area contributed by atoms with Crippen molar-refractivity contribution in [1.29, 1.82) is 0 Å². The molecule has 12 heavy (non-hydrogen) atoms. The average Bonchev–Trinajstić information content (AvgIpc) is 1.96. The molecule has 0 saturated carbocycles. The Kier molecular flexibility index (Phi) is 3.09. The third-order valence-corrected chi connectivity index (χ3v) is 2.14. The third-order valence-electron chi connectivity index (χ3n) is 1.20. The second-order valence-electron chi connectivity index (χ2n) is 2.02. The van der Waals surface area contributed by atoms with Gasteiger partial charge in [0.1, 0.15) is 0 Å². The molecule has 0 heterocycles. The zero-order chi connectivity index (χ0) is 9.30. The van der Waals surface area contributed by atoms with Crippen molar-refractivity contribution in [1.82, 2.24) is 0 Å². The van der Waals surface area contributed by atoms with Gasteiger partial charge in [-0.05, 0) is 23.7 Å². The predicted molar refractivity (Wildman–Crippen MR) is 49.3 cm³/mol. The Labute approximate surface area is 86.6 Å². The molecule has 0 aromatic heterocycles. The maximum absolute atomic E-state index is 13.0. The second-order valence-corrected chi connectivity index (χ2v) is 3.69. The van der Waals surface area contributed by atoms with E-state index in [0.717, 1.165) is 0 Å². The van der Waals surface area contributed by atoms with Crippen LogP contribution in [0.3, 0.4) is 0 Å². The largest absolute Gasteiger partial charge is 0.275 e. The van der Waals surface area contributed by atoms with E-state index < -0.39 is 11.1 Å². The van der Waals surface area contributed by atoms with E-state index in [4.69, 9.17) is 23.2 Å². The highest BCUT2D eigenvalue weighted by atomic mass is 79.9. The first-order chi connectivity index (χ1) is 5.52. The first-order valence-corrected chi connectivity index (χ1v) is 4.41. The van der Waals surface area contributed by atoms with Crippen LogP contribution < -0.4 is 0 Å². The number of rotatable bonds is 1. The van der Waals surface area contributed by atoms with Gasteiger partial charge in [0.25, 0.3) is 5.24 Å². The monoisotopic (exact) mass is 270 g/mol. The summed E-state index contributed by atoms with van der Waals surface area (Å²) >= 11 is 13.6. The van der Waals surface area contributed by atoms with Crippen LogP contribution in [0, 0.1) is 5.82 Å². The van der Waals surface area contributed by atoms with Crippen LogP contribution in [0.25, 0.3) is 0 Å². The van der Waals surface area contributed by atoms with Crippen LogP contribution in [0.1, 0.15) is 10.4 Å². The Morgan fingerprint density at radius 2 is 2.08 bits per heavy atom. The van der Waals surface area contributed by atoms with Crippen LogP contribution in [-0.2, 0) is 0 Å². The topological polar surface area (TPSA) is 17.1 Å². The summed E-state index contributed by atoms with van der Waals surface area (Å²) in [5.74, 6) is -0.792. The minimum absolute atomic E-state index is 0.131. The number of halogens is 4. The Morgan fingerprint density at radius 3 is 2.58 bits per heavy atom. The summed E-state index contributed by atoms with van der Waals surface area (Å²) in [6, 6.07) is 2.62. The average molecular weight is 272 g/mol. The van der Waals surface area contributed by atoms with E-state index in [9.17, 15) is 9.18 Å². The molecule has 64 valence electrons. The van der Waals surface area contributed by atoms with Crippen LogP contribution >= 0.6 is 39.1 Å². The standard InChI is InChI=1S/C7H2BrCl2FO/c8-3-1-4(7(10)12)6(11)5(9)2-3/h1-2H. The number of hydrogen-bond acceptors (Lipinski definition) is 1. The highest BCUT2D eigenvalue weighted by Gasteiger charge is 2.13. The fourth-order valence-corrected chi connectivity index (χ4v) is 1.65. The molecule has 1 rings (SSSR count). The first kappa shape index (κ1) is 9.96. The lowest BCUT2D eigenvalue weighted by Crippen LogP contribution is -1.94. The van der Waals surface area contributed by atoms with Crippen LogP contribution in [-0.4, -0.2) is 5.24 Å². The normalized spacial score (nSPS) is 10.0. The van der Waals surface area contributed by atoms with E-state index in [1.807, 2.05) is 0 Å². The van der Waals surface area contributed by atoms with Crippen molar-refractivity contribution in [2.45, 2.75) is 0 Å². The first-order valence-electron chi connectivity index (χ1n) is 2.86. The van der Waals surface area contributed by atoms with E-state index in [-0.39, 0.29) is 10.6 Å². The van der Waals surface area contributed by atoms with Crippen molar-refractivity contribution in [3.63, 3.8) is 0 Å². The molecular weight excluding hydrogens is 270 g/mol. The summed E-state index contributed by atoms with van der Waals surface area (Å²) in [6.07, 6.45) is 0. The predicted octanol–water partition coefficient (Wildman–Crippen LogP) is 3.62. The maximum atomic E-state index is 13.0. The van der Waals surface area contributed by atoms with Crippen molar-refractivity contribution in [2.75, 3.05) is 0 Å². The molecule has 0 aliphatic heterocycles. The molecule has 0 bridgehead atoms. The van der Waals surface area contributed by atoms with Gasteiger partial charge in [0, 0.05) is 4.47 Å². The zero-order valence-electron chi connectivity index (χ0n) is 5.57. The minimum Gasteiger partial charge on any atom is -0.275 e. The SMILES string of the molecule is O=C(Cl)c1cc(Br)cc(Cl)c1F. The Bertz CT molecular complexity index is 340. The number of benzene rings is 1. The molecule has 0 unspecified atom stereocenters. The molecular formula is C7H2BrCl2FO. The molecule has 5 heteroatoms. The van der Waals surface area contributed by atoms with E-state index in [1.54, 1.807) is 0 Å². The Hall–Kier alpha value is -0.120.